The Morgan fingerprint density at radius 2 is 1.94 bits per heavy atom. The Kier molecular flexibility index (Phi) is 5.68. The van der Waals surface area contributed by atoms with E-state index in [1.807, 2.05) is 0 Å². The molecule has 4 aliphatic rings. The SMILES string of the molecule is C[C@@H]1C[C@H]2[C@@H]3C[C@H](Cl)C4=CC(=O)CC[C@]4(C)[C@H]3[C@@H](O)C[C@]2(C)[C@@]1(O)C(=O)C(O)CC(=O)O. The fourth-order valence-electron chi connectivity index (χ4n) is 8.06. The molecule has 8 heteroatoms. The summed E-state index contributed by atoms with van der Waals surface area (Å²) < 4.78 is 0. The summed E-state index contributed by atoms with van der Waals surface area (Å²) in [6.45, 7) is 5.60. The molecule has 0 bridgehead atoms. The van der Waals surface area contributed by atoms with Crippen LogP contribution in [0.4, 0.5) is 0 Å². The van der Waals surface area contributed by atoms with E-state index in [9.17, 15) is 29.7 Å². The summed E-state index contributed by atoms with van der Waals surface area (Å²) in [4.78, 5) is 36.4. The van der Waals surface area contributed by atoms with E-state index in [-0.39, 0.29) is 35.3 Å². The van der Waals surface area contributed by atoms with Crippen LogP contribution in [0.15, 0.2) is 11.6 Å². The summed E-state index contributed by atoms with van der Waals surface area (Å²) in [5.74, 6) is -3.00. The molecule has 10 atom stereocenters. The van der Waals surface area contributed by atoms with Crippen LogP contribution in [0.3, 0.4) is 0 Å². The molecule has 4 N–H and O–H groups in total. The molecule has 0 aromatic rings. The van der Waals surface area contributed by atoms with Gasteiger partial charge in [-0.15, -0.1) is 11.6 Å². The van der Waals surface area contributed by atoms with Crippen LogP contribution in [0.5, 0.6) is 0 Å². The summed E-state index contributed by atoms with van der Waals surface area (Å²) in [7, 11) is 0. The monoisotopic (exact) mass is 468 g/mol. The number of allylic oxidation sites excluding steroid dienone is 1. The highest BCUT2D eigenvalue weighted by atomic mass is 35.5. The van der Waals surface area contributed by atoms with Crippen molar-refractivity contribution in [3.8, 4) is 0 Å². The number of halogens is 1. The van der Waals surface area contributed by atoms with Crippen LogP contribution >= 0.6 is 11.6 Å². The highest BCUT2D eigenvalue weighted by Crippen LogP contribution is 2.69. The highest BCUT2D eigenvalue weighted by Gasteiger charge is 2.71. The number of fused-ring (bicyclic) bond motifs is 5. The Hall–Kier alpha value is -1.28. The standard InChI is InChI=1S/C24H33ClO7/c1-11-6-14-13-8-16(25)15-7-12(26)4-5-22(15,2)20(13)18(28)10-23(14,3)24(11,32)21(31)17(27)9-19(29)30/h7,11,13-14,16-18,20,27-28,32H,4-6,8-10H2,1-3H3,(H,29,30)/t11-,13+,14+,16+,17?,18+,20-,22+,23+,24+/m1/s1. The number of hydrogen-bond donors (Lipinski definition) is 4. The second-order valence-electron chi connectivity index (χ2n) is 11.1. The van der Waals surface area contributed by atoms with Crippen LogP contribution in [0.2, 0.25) is 0 Å². The van der Waals surface area contributed by atoms with Gasteiger partial charge in [-0.1, -0.05) is 20.8 Å². The van der Waals surface area contributed by atoms with E-state index in [0.717, 1.165) is 5.57 Å². The zero-order valence-electron chi connectivity index (χ0n) is 18.8. The number of Topliss-reactive ketones (excluding diaryl/α,β-unsaturated/α-hetero) is 1. The second-order valence-corrected chi connectivity index (χ2v) is 11.6. The third kappa shape index (κ3) is 3.07. The number of carboxylic acid groups (broad SMARTS) is 1. The maximum Gasteiger partial charge on any atom is 0.306 e. The maximum absolute atomic E-state index is 13.2. The topological polar surface area (TPSA) is 132 Å². The van der Waals surface area contributed by atoms with Gasteiger partial charge in [-0.3, -0.25) is 14.4 Å². The Labute approximate surface area is 192 Å². The first kappa shape index (κ1) is 23.9. The average molecular weight is 469 g/mol. The number of aliphatic hydroxyl groups excluding tert-OH is 2. The van der Waals surface area contributed by atoms with Gasteiger partial charge in [0.1, 0.15) is 11.7 Å². The minimum Gasteiger partial charge on any atom is -0.481 e. The fraction of sp³-hybridized carbons (Fsp3) is 0.792. The van der Waals surface area contributed by atoms with Gasteiger partial charge in [-0.25, -0.2) is 0 Å². The van der Waals surface area contributed by atoms with Crippen LogP contribution in [0, 0.1) is 34.5 Å². The summed E-state index contributed by atoms with van der Waals surface area (Å²) in [6.07, 6.45) is 0.471. The van der Waals surface area contributed by atoms with Crippen LogP contribution in [0.25, 0.3) is 0 Å². The molecule has 32 heavy (non-hydrogen) atoms. The minimum atomic E-state index is -1.94. The molecule has 4 rings (SSSR count). The van der Waals surface area contributed by atoms with Gasteiger partial charge in [0.25, 0.3) is 0 Å². The molecule has 0 heterocycles. The van der Waals surface area contributed by atoms with Gasteiger partial charge in [-0.2, -0.15) is 0 Å². The smallest absolute Gasteiger partial charge is 0.306 e. The molecule has 1 unspecified atom stereocenters. The number of rotatable bonds is 4. The first-order chi connectivity index (χ1) is 14.8. The molecule has 3 fully saturated rings. The van der Waals surface area contributed by atoms with E-state index in [2.05, 4.69) is 6.92 Å². The predicted octanol–water partition coefficient (Wildman–Crippen LogP) is 2.09. The number of carbonyl (C=O) groups excluding carboxylic acids is 2. The second kappa shape index (κ2) is 7.62. The van der Waals surface area contributed by atoms with Crippen molar-refractivity contribution in [2.45, 2.75) is 82.5 Å². The normalized spacial score (nSPS) is 48.8. The molecule has 0 aromatic heterocycles. The molecule has 0 saturated heterocycles. The van der Waals surface area contributed by atoms with Gasteiger partial charge >= 0.3 is 5.97 Å². The summed E-state index contributed by atoms with van der Waals surface area (Å²) in [5, 5.41) is 42.1. The van der Waals surface area contributed by atoms with E-state index in [1.165, 1.54) is 0 Å². The number of aliphatic hydroxyl groups is 3. The number of alkyl halides is 1. The van der Waals surface area contributed by atoms with Gasteiger partial charge < -0.3 is 20.4 Å². The molecule has 7 nitrogen and oxygen atoms in total. The number of hydrogen-bond acceptors (Lipinski definition) is 6. The summed E-state index contributed by atoms with van der Waals surface area (Å²) >= 11 is 6.79. The third-order valence-electron chi connectivity index (χ3n) is 9.50. The van der Waals surface area contributed by atoms with Crippen LogP contribution in [-0.4, -0.2) is 61.1 Å². The van der Waals surface area contributed by atoms with E-state index in [0.29, 0.717) is 25.7 Å². The van der Waals surface area contributed by atoms with Crippen molar-refractivity contribution in [3.63, 3.8) is 0 Å². The zero-order valence-corrected chi connectivity index (χ0v) is 19.5. The van der Waals surface area contributed by atoms with E-state index in [1.54, 1.807) is 19.9 Å². The Bertz CT molecular complexity index is 886. The molecule has 0 aliphatic heterocycles. The lowest BCUT2D eigenvalue weighted by molar-refractivity contribution is -0.191. The molecular weight excluding hydrogens is 436 g/mol. The van der Waals surface area contributed by atoms with Gasteiger partial charge in [0.15, 0.2) is 11.6 Å². The van der Waals surface area contributed by atoms with Crippen molar-refractivity contribution < 1.29 is 34.8 Å². The van der Waals surface area contributed by atoms with Gasteiger partial charge in [-0.05, 0) is 66.4 Å². The lowest BCUT2D eigenvalue weighted by Gasteiger charge is -2.61. The Balaban J connectivity index is 1.74. The van der Waals surface area contributed by atoms with Gasteiger partial charge in [0.05, 0.1) is 17.9 Å². The number of ketones is 2. The zero-order chi connectivity index (χ0) is 23.8. The Morgan fingerprint density at radius 3 is 2.56 bits per heavy atom. The number of carboxylic acids is 1. The average Bonchev–Trinajstić information content (AvgIpc) is 2.89. The van der Waals surface area contributed by atoms with Crippen molar-refractivity contribution in [1.29, 1.82) is 0 Å². The first-order valence-corrected chi connectivity index (χ1v) is 11.9. The maximum atomic E-state index is 13.2. The quantitative estimate of drug-likeness (QED) is 0.464. The van der Waals surface area contributed by atoms with Crippen molar-refractivity contribution in [2.75, 3.05) is 0 Å². The molecule has 178 valence electrons. The summed E-state index contributed by atoms with van der Waals surface area (Å²) in [6, 6.07) is 0. The molecule has 0 spiro atoms. The lowest BCUT2D eigenvalue weighted by Crippen LogP contribution is -2.64. The minimum absolute atomic E-state index is 0.0543. The lowest BCUT2D eigenvalue weighted by atomic mass is 9.45. The van der Waals surface area contributed by atoms with Crippen molar-refractivity contribution in [3.05, 3.63) is 11.6 Å². The van der Waals surface area contributed by atoms with E-state index in [4.69, 9.17) is 16.7 Å². The van der Waals surface area contributed by atoms with Gasteiger partial charge in [0.2, 0.25) is 0 Å². The highest BCUT2D eigenvalue weighted by molar-refractivity contribution is 6.23. The van der Waals surface area contributed by atoms with Crippen LogP contribution in [0.1, 0.15) is 59.3 Å². The van der Waals surface area contributed by atoms with E-state index >= 15 is 0 Å². The first-order valence-electron chi connectivity index (χ1n) is 11.5. The molecule has 4 aliphatic carbocycles. The van der Waals surface area contributed by atoms with E-state index < -0.39 is 52.7 Å². The largest absolute Gasteiger partial charge is 0.481 e. The van der Waals surface area contributed by atoms with Crippen molar-refractivity contribution >= 4 is 29.1 Å². The van der Waals surface area contributed by atoms with Crippen molar-refractivity contribution in [2.24, 2.45) is 34.5 Å². The molecular formula is C24H33ClO7. The Morgan fingerprint density at radius 1 is 1.28 bits per heavy atom. The number of aliphatic carboxylic acids is 1. The number of carbonyl (C=O) groups is 3. The molecule has 0 aromatic carbocycles. The fourth-order valence-corrected chi connectivity index (χ4v) is 8.58. The van der Waals surface area contributed by atoms with Crippen molar-refractivity contribution in [1.82, 2.24) is 0 Å². The molecule has 0 radical (unpaired) electrons. The van der Waals surface area contributed by atoms with Gasteiger partial charge in [0, 0.05) is 11.8 Å². The third-order valence-corrected chi connectivity index (χ3v) is 9.91. The molecule has 0 amide bonds. The van der Waals surface area contributed by atoms with Crippen LogP contribution in [-0.2, 0) is 14.4 Å². The molecule has 3 saturated carbocycles. The van der Waals surface area contributed by atoms with Crippen LogP contribution < -0.4 is 0 Å². The predicted molar refractivity (Wildman–Crippen MR) is 116 cm³/mol. The summed E-state index contributed by atoms with van der Waals surface area (Å²) in [5.41, 5.74) is -2.52.